The van der Waals surface area contributed by atoms with Crippen LogP contribution in [0, 0.1) is 5.41 Å². The van der Waals surface area contributed by atoms with E-state index in [9.17, 15) is 18.0 Å². The molecule has 1 spiro atoms. The van der Waals surface area contributed by atoms with Crippen molar-refractivity contribution in [1.29, 1.82) is 0 Å². The van der Waals surface area contributed by atoms with E-state index in [0.717, 1.165) is 38.4 Å². The van der Waals surface area contributed by atoms with Gasteiger partial charge in [-0.2, -0.15) is 13.2 Å². The molecule has 3 nitrogen and oxygen atoms in total. The molecule has 134 valence electrons. The van der Waals surface area contributed by atoms with Gasteiger partial charge in [-0.3, -0.25) is 4.79 Å². The summed E-state index contributed by atoms with van der Waals surface area (Å²) in [6.07, 6.45) is -1.59. The van der Waals surface area contributed by atoms with Gasteiger partial charge in [0.1, 0.15) is 0 Å². The van der Waals surface area contributed by atoms with Crippen LogP contribution in [-0.2, 0) is 17.4 Å². The van der Waals surface area contributed by atoms with Crippen LogP contribution in [0.4, 0.5) is 13.2 Å². The molecule has 3 rings (SSSR count). The normalized spacial score (nSPS) is 20.0. The third-order valence-corrected chi connectivity index (χ3v) is 5.17. The number of alkyl halides is 3. The standard InChI is InChI=1S/C17H21F3N2O.ClH/c18-17(19,20)14-4-2-1-3-13(14)11-15(23)22-9-6-16(7-10-22)5-8-21-12-16;/h1-4,21H,5-12H2;1H. The molecule has 1 aromatic rings. The number of hydrogen-bond acceptors (Lipinski definition) is 2. The molecule has 0 aliphatic carbocycles. The van der Waals surface area contributed by atoms with E-state index in [1.807, 2.05) is 0 Å². The van der Waals surface area contributed by atoms with Crippen molar-refractivity contribution in [2.45, 2.75) is 31.9 Å². The van der Waals surface area contributed by atoms with Crippen LogP contribution in [0.2, 0.25) is 0 Å². The number of carbonyl (C=O) groups excluding carboxylic acids is 1. The van der Waals surface area contributed by atoms with Crippen LogP contribution in [0.15, 0.2) is 24.3 Å². The van der Waals surface area contributed by atoms with E-state index < -0.39 is 11.7 Å². The van der Waals surface area contributed by atoms with E-state index in [-0.39, 0.29) is 30.3 Å². The highest BCUT2D eigenvalue weighted by atomic mass is 35.5. The second kappa shape index (κ2) is 7.31. The van der Waals surface area contributed by atoms with Crippen molar-refractivity contribution in [2.75, 3.05) is 26.2 Å². The van der Waals surface area contributed by atoms with Gasteiger partial charge in [-0.1, -0.05) is 18.2 Å². The Hall–Kier alpha value is -1.27. The Kier molecular flexibility index (Phi) is 5.81. The Balaban J connectivity index is 0.00000208. The van der Waals surface area contributed by atoms with Gasteiger partial charge in [0.2, 0.25) is 5.91 Å². The Morgan fingerprint density at radius 3 is 2.42 bits per heavy atom. The number of nitrogens with zero attached hydrogens (tertiary/aromatic N) is 1. The average molecular weight is 363 g/mol. The number of likely N-dealkylation sites (tertiary alicyclic amines) is 1. The maximum Gasteiger partial charge on any atom is 0.416 e. The highest BCUT2D eigenvalue weighted by Crippen LogP contribution is 2.37. The number of nitrogens with one attached hydrogen (secondary N) is 1. The minimum absolute atomic E-state index is 0. The summed E-state index contributed by atoms with van der Waals surface area (Å²) in [5, 5.41) is 3.36. The Labute approximate surface area is 146 Å². The van der Waals surface area contributed by atoms with E-state index in [1.165, 1.54) is 12.1 Å². The van der Waals surface area contributed by atoms with Crippen LogP contribution >= 0.6 is 12.4 Å². The molecule has 0 atom stereocenters. The summed E-state index contributed by atoms with van der Waals surface area (Å²) in [4.78, 5) is 14.1. The molecule has 2 heterocycles. The quantitative estimate of drug-likeness (QED) is 0.875. The Morgan fingerprint density at radius 1 is 1.17 bits per heavy atom. The van der Waals surface area contributed by atoms with Gasteiger partial charge in [-0.25, -0.2) is 0 Å². The van der Waals surface area contributed by atoms with Crippen molar-refractivity contribution in [2.24, 2.45) is 5.41 Å². The van der Waals surface area contributed by atoms with E-state index >= 15 is 0 Å². The molecule has 2 aliphatic heterocycles. The van der Waals surface area contributed by atoms with Gasteiger partial charge in [0.05, 0.1) is 12.0 Å². The molecule has 0 aromatic heterocycles. The predicted octanol–water partition coefficient (Wildman–Crippen LogP) is 3.27. The van der Waals surface area contributed by atoms with Crippen molar-refractivity contribution < 1.29 is 18.0 Å². The predicted molar refractivity (Wildman–Crippen MR) is 88.1 cm³/mol. The summed E-state index contributed by atoms with van der Waals surface area (Å²) in [7, 11) is 0. The lowest BCUT2D eigenvalue weighted by Gasteiger charge is -2.39. The van der Waals surface area contributed by atoms with Gasteiger partial charge in [0.15, 0.2) is 0 Å². The number of benzene rings is 1. The zero-order valence-corrected chi connectivity index (χ0v) is 14.2. The van der Waals surface area contributed by atoms with Crippen molar-refractivity contribution in [3.8, 4) is 0 Å². The first kappa shape index (κ1) is 19.1. The van der Waals surface area contributed by atoms with Crippen molar-refractivity contribution in [3.05, 3.63) is 35.4 Å². The Morgan fingerprint density at radius 2 is 1.83 bits per heavy atom. The fourth-order valence-corrected chi connectivity index (χ4v) is 3.68. The molecule has 0 bridgehead atoms. The molecule has 2 fully saturated rings. The first-order chi connectivity index (χ1) is 10.9. The largest absolute Gasteiger partial charge is 0.416 e. The molecule has 1 aromatic carbocycles. The Bertz CT molecular complexity index is 575. The summed E-state index contributed by atoms with van der Waals surface area (Å²) in [6, 6.07) is 5.34. The fraction of sp³-hybridized carbons (Fsp3) is 0.588. The van der Waals surface area contributed by atoms with Crippen LogP contribution in [0.1, 0.15) is 30.4 Å². The van der Waals surface area contributed by atoms with Crippen LogP contribution < -0.4 is 5.32 Å². The second-order valence-electron chi connectivity index (χ2n) is 6.64. The summed E-state index contributed by atoms with van der Waals surface area (Å²) in [5.74, 6) is -0.206. The number of halogens is 4. The minimum Gasteiger partial charge on any atom is -0.342 e. The number of carbonyl (C=O) groups is 1. The van der Waals surface area contributed by atoms with Crippen molar-refractivity contribution in [1.82, 2.24) is 10.2 Å². The third-order valence-electron chi connectivity index (χ3n) is 5.17. The summed E-state index contributed by atoms with van der Waals surface area (Å²) >= 11 is 0. The van der Waals surface area contributed by atoms with E-state index in [1.54, 1.807) is 11.0 Å². The lowest BCUT2D eigenvalue weighted by atomic mass is 9.78. The van der Waals surface area contributed by atoms with Crippen LogP contribution in [0.3, 0.4) is 0 Å². The molecule has 2 aliphatic rings. The van der Waals surface area contributed by atoms with Crippen LogP contribution in [0.5, 0.6) is 0 Å². The van der Waals surface area contributed by atoms with Crippen molar-refractivity contribution in [3.63, 3.8) is 0 Å². The number of amides is 1. The lowest BCUT2D eigenvalue weighted by Crippen LogP contribution is -2.44. The zero-order chi connectivity index (χ0) is 16.5. The van der Waals surface area contributed by atoms with E-state index in [0.29, 0.717) is 18.5 Å². The number of piperidine rings is 1. The molecule has 7 heteroatoms. The fourth-order valence-electron chi connectivity index (χ4n) is 3.68. The highest BCUT2D eigenvalue weighted by Gasteiger charge is 2.38. The smallest absolute Gasteiger partial charge is 0.342 e. The van der Waals surface area contributed by atoms with Gasteiger partial charge in [-0.05, 0) is 42.9 Å². The molecule has 0 saturated carbocycles. The SMILES string of the molecule is Cl.O=C(Cc1ccccc1C(F)(F)F)N1CCC2(CCNC2)CC1. The van der Waals surface area contributed by atoms with Gasteiger partial charge >= 0.3 is 6.18 Å². The maximum absolute atomic E-state index is 13.0. The second-order valence-corrected chi connectivity index (χ2v) is 6.64. The summed E-state index contributed by atoms with van der Waals surface area (Å²) in [6.45, 7) is 3.31. The molecular weight excluding hydrogens is 341 g/mol. The number of hydrogen-bond donors (Lipinski definition) is 1. The molecule has 0 radical (unpaired) electrons. The van der Waals surface area contributed by atoms with Crippen LogP contribution in [0.25, 0.3) is 0 Å². The van der Waals surface area contributed by atoms with E-state index in [4.69, 9.17) is 0 Å². The van der Waals surface area contributed by atoms with Gasteiger partial charge in [-0.15, -0.1) is 12.4 Å². The van der Waals surface area contributed by atoms with Gasteiger partial charge < -0.3 is 10.2 Å². The third kappa shape index (κ3) is 4.03. The summed E-state index contributed by atoms with van der Waals surface area (Å²) in [5.41, 5.74) is -0.352. The lowest BCUT2D eigenvalue weighted by molar-refractivity contribution is -0.139. The monoisotopic (exact) mass is 362 g/mol. The average Bonchev–Trinajstić information content (AvgIpc) is 2.95. The topological polar surface area (TPSA) is 32.3 Å². The molecule has 0 unspecified atom stereocenters. The van der Waals surface area contributed by atoms with Gasteiger partial charge in [0, 0.05) is 19.6 Å². The van der Waals surface area contributed by atoms with E-state index in [2.05, 4.69) is 5.32 Å². The minimum atomic E-state index is -4.42. The van der Waals surface area contributed by atoms with Crippen LogP contribution in [-0.4, -0.2) is 37.0 Å². The first-order valence-electron chi connectivity index (χ1n) is 8.03. The maximum atomic E-state index is 13.0. The first-order valence-corrected chi connectivity index (χ1v) is 8.03. The van der Waals surface area contributed by atoms with Gasteiger partial charge in [0.25, 0.3) is 0 Å². The molecule has 2 saturated heterocycles. The van der Waals surface area contributed by atoms with Crippen molar-refractivity contribution >= 4 is 18.3 Å². The molecular formula is C17H22ClF3N2O. The molecule has 24 heavy (non-hydrogen) atoms. The number of rotatable bonds is 2. The summed E-state index contributed by atoms with van der Waals surface area (Å²) < 4.78 is 39.0. The zero-order valence-electron chi connectivity index (χ0n) is 13.4. The highest BCUT2D eigenvalue weighted by molar-refractivity contribution is 5.85. The molecule has 1 amide bonds. The molecule has 1 N–H and O–H groups in total.